The molecule has 1 aliphatic carbocycles. The van der Waals surface area contributed by atoms with E-state index in [1.54, 1.807) is 18.2 Å². The van der Waals surface area contributed by atoms with E-state index in [9.17, 15) is 9.59 Å². The number of nitrogens with one attached hydrogen (secondary N) is 1. The first kappa shape index (κ1) is 21.8. The van der Waals surface area contributed by atoms with Gasteiger partial charge < -0.3 is 20.5 Å². The molecule has 0 radical (unpaired) electrons. The van der Waals surface area contributed by atoms with Gasteiger partial charge in [0.1, 0.15) is 12.4 Å². The van der Waals surface area contributed by atoms with E-state index >= 15 is 0 Å². The van der Waals surface area contributed by atoms with E-state index in [1.807, 2.05) is 30.3 Å². The summed E-state index contributed by atoms with van der Waals surface area (Å²) in [6.07, 6.45) is 4.50. The van der Waals surface area contributed by atoms with Crippen LogP contribution in [-0.2, 0) is 16.1 Å². The summed E-state index contributed by atoms with van der Waals surface area (Å²) in [4.78, 5) is 25.3. The number of benzene rings is 2. The molecule has 0 spiro atoms. The molecule has 0 heterocycles. The Hall–Kier alpha value is -2.86. The third-order valence-corrected chi connectivity index (χ3v) is 5.30. The molecule has 0 aromatic heterocycles. The summed E-state index contributed by atoms with van der Waals surface area (Å²) in [6.45, 7) is 2.80. The second-order valence-electron chi connectivity index (χ2n) is 7.70. The summed E-state index contributed by atoms with van der Waals surface area (Å²) in [5.74, 6) is -0.256. The van der Waals surface area contributed by atoms with Crippen LogP contribution in [0.25, 0.3) is 0 Å². The second-order valence-corrected chi connectivity index (χ2v) is 7.70. The van der Waals surface area contributed by atoms with Crippen molar-refractivity contribution < 1.29 is 19.1 Å². The maximum absolute atomic E-state index is 12.6. The number of rotatable bonds is 9. The number of carbonyl (C=O) groups excluding carboxylic acids is 2. The van der Waals surface area contributed by atoms with Crippen LogP contribution in [0.15, 0.2) is 48.5 Å². The maximum atomic E-state index is 12.6. The van der Waals surface area contributed by atoms with E-state index < -0.39 is 5.97 Å². The molecule has 1 saturated carbocycles. The van der Waals surface area contributed by atoms with Crippen LogP contribution < -0.4 is 15.8 Å². The average Bonchev–Trinajstić information content (AvgIpc) is 3.19. The fourth-order valence-electron chi connectivity index (χ4n) is 3.56. The number of amides is 1. The van der Waals surface area contributed by atoms with Crippen molar-refractivity contribution in [2.24, 2.45) is 11.7 Å². The van der Waals surface area contributed by atoms with Crippen LogP contribution >= 0.6 is 0 Å². The van der Waals surface area contributed by atoms with Gasteiger partial charge in [0, 0.05) is 17.8 Å². The second kappa shape index (κ2) is 10.8. The average molecular weight is 411 g/mol. The summed E-state index contributed by atoms with van der Waals surface area (Å²) in [6, 6.07) is 14.4. The van der Waals surface area contributed by atoms with E-state index in [-0.39, 0.29) is 24.5 Å². The largest absolute Gasteiger partial charge is 0.493 e. The lowest BCUT2D eigenvalue weighted by Gasteiger charge is -2.16. The van der Waals surface area contributed by atoms with Crippen LogP contribution in [0.2, 0.25) is 0 Å². The molecule has 0 saturated heterocycles. The highest BCUT2D eigenvalue weighted by molar-refractivity contribution is 5.96. The van der Waals surface area contributed by atoms with Gasteiger partial charge in [-0.05, 0) is 37.0 Å². The quantitative estimate of drug-likeness (QED) is 0.475. The molecule has 3 N–H and O–H groups in total. The van der Waals surface area contributed by atoms with Gasteiger partial charge in [0.2, 0.25) is 5.91 Å². The highest BCUT2D eigenvalue weighted by Gasteiger charge is 2.30. The first-order chi connectivity index (χ1) is 14.6. The van der Waals surface area contributed by atoms with Gasteiger partial charge >= 0.3 is 5.97 Å². The summed E-state index contributed by atoms with van der Waals surface area (Å²) >= 11 is 0. The van der Waals surface area contributed by atoms with Gasteiger partial charge in [-0.25, -0.2) is 4.79 Å². The molecule has 2 aromatic carbocycles. The molecule has 6 nitrogen and oxygen atoms in total. The fourth-order valence-corrected chi connectivity index (χ4v) is 3.56. The Morgan fingerprint density at radius 3 is 2.63 bits per heavy atom. The lowest BCUT2D eigenvalue weighted by molar-refractivity contribution is -0.120. The first-order valence-corrected chi connectivity index (χ1v) is 10.6. The van der Waals surface area contributed by atoms with Crippen LogP contribution in [0.1, 0.15) is 54.9 Å². The molecule has 6 heteroatoms. The molecule has 2 atom stereocenters. The van der Waals surface area contributed by atoms with Gasteiger partial charge in [-0.15, -0.1) is 0 Å². The molecular weight excluding hydrogens is 380 g/mol. The van der Waals surface area contributed by atoms with E-state index in [4.69, 9.17) is 15.2 Å². The lowest BCUT2D eigenvalue weighted by Crippen LogP contribution is -2.34. The molecule has 30 heavy (non-hydrogen) atoms. The summed E-state index contributed by atoms with van der Waals surface area (Å²) in [5.41, 5.74) is 7.82. The molecule has 2 aromatic rings. The van der Waals surface area contributed by atoms with Gasteiger partial charge in [-0.2, -0.15) is 0 Å². The number of hydrogen-bond donors (Lipinski definition) is 2. The summed E-state index contributed by atoms with van der Waals surface area (Å²) in [7, 11) is 0. The van der Waals surface area contributed by atoms with Crippen molar-refractivity contribution in [2.45, 2.75) is 51.7 Å². The standard InChI is InChI=1S/C24H30N2O4/c1-2-3-12-29-20-14-18(24(28)30-16-17-8-5-4-6-9-17)13-19(15-20)26-23(27)21-10-7-11-22(21)25/h4-6,8-9,13-15,21-22H,2-3,7,10-12,16,25H2,1H3,(H,26,27). The monoisotopic (exact) mass is 410 g/mol. The molecule has 3 rings (SSSR count). The zero-order valence-corrected chi connectivity index (χ0v) is 17.4. The van der Waals surface area contributed by atoms with Crippen LogP contribution in [0, 0.1) is 5.92 Å². The topological polar surface area (TPSA) is 90.6 Å². The fraction of sp³-hybridized carbons (Fsp3) is 0.417. The maximum Gasteiger partial charge on any atom is 0.338 e. The van der Waals surface area contributed by atoms with Gasteiger partial charge in [0.15, 0.2) is 0 Å². The normalized spacial score (nSPS) is 18.1. The Bertz CT molecular complexity index is 854. The number of nitrogens with two attached hydrogens (primary N) is 1. The number of unbranched alkanes of at least 4 members (excludes halogenated alkanes) is 1. The Morgan fingerprint density at radius 1 is 1.13 bits per heavy atom. The van der Waals surface area contributed by atoms with Crippen molar-refractivity contribution in [3.63, 3.8) is 0 Å². The number of hydrogen-bond acceptors (Lipinski definition) is 5. The number of anilines is 1. The zero-order valence-electron chi connectivity index (χ0n) is 17.4. The Labute approximate surface area is 177 Å². The molecule has 1 fully saturated rings. The summed E-state index contributed by atoms with van der Waals surface area (Å²) in [5, 5.41) is 2.91. The van der Waals surface area contributed by atoms with E-state index in [0.29, 0.717) is 23.6 Å². The van der Waals surface area contributed by atoms with E-state index in [1.165, 1.54) is 0 Å². The predicted octanol–water partition coefficient (Wildman–Crippen LogP) is 4.29. The molecule has 2 unspecified atom stereocenters. The highest BCUT2D eigenvalue weighted by atomic mass is 16.5. The number of carbonyl (C=O) groups is 2. The van der Waals surface area contributed by atoms with Crippen molar-refractivity contribution in [1.29, 1.82) is 0 Å². The van der Waals surface area contributed by atoms with Crippen molar-refractivity contribution in [2.75, 3.05) is 11.9 Å². The SMILES string of the molecule is CCCCOc1cc(NC(=O)C2CCCC2N)cc(C(=O)OCc2ccccc2)c1. The minimum atomic E-state index is -0.465. The van der Waals surface area contributed by atoms with Crippen LogP contribution in [0.5, 0.6) is 5.75 Å². The number of esters is 1. The van der Waals surface area contributed by atoms with Gasteiger partial charge in [0.05, 0.1) is 18.1 Å². The Kier molecular flexibility index (Phi) is 7.85. The van der Waals surface area contributed by atoms with Crippen LogP contribution in [0.4, 0.5) is 5.69 Å². The predicted molar refractivity (Wildman–Crippen MR) is 116 cm³/mol. The van der Waals surface area contributed by atoms with Crippen molar-refractivity contribution in [3.05, 3.63) is 59.7 Å². The minimum absolute atomic E-state index is 0.116. The molecule has 0 bridgehead atoms. The zero-order chi connectivity index (χ0) is 21.3. The van der Waals surface area contributed by atoms with Crippen LogP contribution in [0.3, 0.4) is 0 Å². The smallest absolute Gasteiger partial charge is 0.338 e. The van der Waals surface area contributed by atoms with E-state index in [0.717, 1.165) is 37.7 Å². The Morgan fingerprint density at radius 2 is 1.93 bits per heavy atom. The number of ether oxygens (including phenoxy) is 2. The third kappa shape index (κ3) is 6.07. The Balaban J connectivity index is 1.73. The molecule has 160 valence electrons. The first-order valence-electron chi connectivity index (χ1n) is 10.6. The van der Waals surface area contributed by atoms with Gasteiger partial charge in [-0.1, -0.05) is 50.1 Å². The summed E-state index contributed by atoms with van der Waals surface area (Å²) < 4.78 is 11.2. The van der Waals surface area contributed by atoms with Gasteiger partial charge in [0.25, 0.3) is 0 Å². The molecular formula is C24H30N2O4. The lowest BCUT2D eigenvalue weighted by atomic mass is 10.0. The van der Waals surface area contributed by atoms with Crippen LogP contribution in [-0.4, -0.2) is 24.5 Å². The van der Waals surface area contributed by atoms with Crippen molar-refractivity contribution >= 4 is 17.6 Å². The van der Waals surface area contributed by atoms with Gasteiger partial charge in [-0.3, -0.25) is 4.79 Å². The van der Waals surface area contributed by atoms with Crippen molar-refractivity contribution in [3.8, 4) is 5.75 Å². The van der Waals surface area contributed by atoms with E-state index in [2.05, 4.69) is 12.2 Å². The van der Waals surface area contributed by atoms with Crippen molar-refractivity contribution in [1.82, 2.24) is 0 Å². The minimum Gasteiger partial charge on any atom is -0.493 e. The highest BCUT2D eigenvalue weighted by Crippen LogP contribution is 2.27. The third-order valence-electron chi connectivity index (χ3n) is 5.30. The molecule has 1 aliphatic rings. The molecule has 0 aliphatic heterocycles. The molecule has 1 amide bonds.